The van der Waals surface area contributed by atoms with E-state index >= 15 is 0 Å². The van der Waals surface area contributed by atoms with E-state index in [0.717, 1.165) is 0 Å². The molecule has 0 rings (SSSR count). The van der Waals surface area contributed by atoms with Crippen LogP contribution < -0.4 is 0 Å². The van der Waals surface area contributed by atoms with Crippen LogP contribution in [-0.4, -0.2) is 14.8 Å². The third-order valence-electron chi connectivity index (χ3n) is 0.142. The maximum Gasteiger partial charge on any atom is 0.231 e. The lowest BCUT2D eigenvalue weighted by Gasteiger charge is -1.97. The van der Waals surface area contributed by atoms with Gasteiger partial charge < -0.3 is 5.11 Å². The Morgan fingerprint density at radius 1 is 1.67 bits per heavy atom. The fourth-order valence-corrected chi connectivity index (χ4v) is 0. The van der Waals surface area contributed by atoms with Crippen LogP contribution in [0.3, 0.4) is 0 Å². The number of alkyl halides is 2. The van der Waals surface area contributed by atoms with Crippen LogP contribution in [-0.2, 0) is 4.79 Å². The molecule has 0 spiro atoms. The number of aldehydes is 1. The van der Waals surface area contributed by atoms with Gasteiger partial charge in [-0.3, -0.25) is 4.79 Å². The van der Waals surface area contributed by atoms with Crippen molar-refractivity contribution in [3.05, 3.63) is 0 Å². The highest BCUT2D eigenvalue weighted by Gasteiger charge is 2.13. The van der Waals surface area contributed by atoms with E-state index in [1.807, 2.05) is 0 Å². The molecular weight excluding hydrogens is 216 g/mol. The summed E-state index contributed by atoms with van der Waals surface area (Å²) in [5.74, 6) is 0. The Bertz CT molecular complexity index is 55.1. The average molecular weight is 218 g/mol. The molecule has 36 valence electrons. The molecule has 0 aliphatic heterocycles. The Morgan fingerprint density at radius 2 is 1.83 bits per heavy atom. The normalized spacial score (nSPS) is 11.2. The molecule has 0 radical (unpaired) electrons. The van der Waals surface area contributed by atoms with Gasteiger partial charge in [0.1, 0.15) is 0 Å². The van der Waals surface area contributed by atoms with Crippen molar-refractivity contribution >= 4 is 38.1 Å². The summed E-state index contributed by atoms with van der Waals surface area (Å²) in [6.45, 7) is 0. The minimum absolute atomic E-state index is 0.326. The van der Waals surface area contributed by atoms with Gasteiger partial charge in [-0.05, 0) is 31.9 Å². The van der Waals surface area contributed by atoms with Crippen LogP contribution in [0.2, 0.25) is 0 Å². The zero-order chi connectivity index (χ0) is 5.21. The van der Waals surface area contributed by atoms with Crippen LogP contribution in [0.15, 0.2) is 0 Å². The Hall–Kier alpha value is 0.590. The molecular formula is C2H2Br2O2. The standard InChI is InChI=1S/C2H2Br2O2/c3-2(4,6)1-5/h1,6H. The fourth-order valence-electron chi connectivity index (χ4n) is 0. The molecule has 1 N–H and O–H groups in total. The number of carbonyl (C=O) groups is 1. The largest absolute Gasteiger partial charge is 0.364 e. The van der Waals surface area contributed by atoms with Gasteiger partial charge >= 0.3 is 0 Å². The Morgan fingerprint density at radius 3 is 1.83 bits per heavy atom. The predicted molar refractivity (Wildman–Crippen MR) is 28.9 cm³/mol. The van der Waals surface area contributed by atoms with E-state index in [1.165, 1.54) is 0 Å². The molecule has 0 fully saturated rings. The predicted octanol–water partition coefficient (Wildman–Crippen LogP) is 0.621. The minimum Gasteiger partial charge on any atom is -0.364 e. The third-order valence-corrected chi connectivity index (χ3v) is 0.516. The minimum atomic E-state index is -1.51. The number of carbonyl (C=O) groups excluding carboxylic acids is 1. The van der Waals surface area contributed by atoms with Crippen LogP contribution in [0.4, 0.5) is 0 Å². The van der Waals surface area contributed by atoms with E-state index < -0.39 is 3.42 Å². The first-order valence-electron chi connectivity index (χ1n) is 1.13. The zero-order valence-electron chi connectivity index (χ0n) is 2.69. The molecule has 6 heavy (non-hydrogen) atoms. The average Bonchev–Trinajstić information content (AvgIpc) is 1.35. The van der Waals surface area contributed by atoms with Gasteiger partial charge in [0.25, 0.3) is 0 Å². The van der Waals surface area contributed by atoms with Gasteiger partial charge in [-0.1, -0.05) is 0 Å². The first-order chi connectivity index (χ1) is 2.56. The van der Waals surface area contributed by atoms with E-state index in [4.69, 9.17) is 5.11 Å². The molecule has 0 atom stereocenters. The van der Waals surface area contributed by atoms with E-state index in [9.17, 15) is 4.79 Å². The van der Waals surface area contributed by atoms with E-state index in [1.54, 1.807) is 0 Å². The molecule has 0 unspecified atom stereocenters. The van der Waals surface area contributed by atoms with Gasteiger partial charge in [0.2, 0.25) is 3.42 Å². The summed E-state index contributed by atoms with van der Waals surface area (Å²) < 4.78 is -1.51. The molecule has 0 aliphatic carbocycles. The molecule has 0 bridgehead atoms. The fraction of sp³-hybridized carbons (Fsp3) is 0.500. The summed E-state index contributed by atoms with van der Waals surface area (Å²) in [4.78, 5) is 9.48. The topological polar surface area (TPSA) is 37.3 Å². The van der Waals surface area contributed by atoms with Gasteiger partial charge in [0, 0.05) is 0 Å². The summed E-state index contributed by atoms with van der Waals surface area (Å²) >= 11 is 5.16. The summed E-state index contributed by atoms with van der Waals surface area (Å²) in [7, 11) is 0. The highest BCUT2D eigenvalue weighted by Crippen LogP contribution is 2.17. The molecule has 4 heteroatoms. The van der Waals surface area contributed by atoms with Crippen LogP contribution in [0.25, 0.3) is 0 Å². The molecule has 0 saturated heterocycles. The van der Waals surface area contributed by atoms with Crippen molar-refractivity contribution in [2.24, 2.45) is 0 Å². The SMILES string of the molecule is O=CC(O)(Br)Br. The Balaban J connectivity index is 3.45. The van der Waals surface area contributed by atoms with Crippen LogP contribution in [0.5, 0.6) is 0 Å². The monoisotopic (exact) mass is 216 g/mol. The van der Waals surface area contributed by atoms with Gasteiger partial charge in [0.15, 0.2) is 6.29 Å². The van der Waals surface area contributed by atoms with E-state index in [0.29, 0.717) is 6.29 Å². The highest BCUT2D eigenvalue weighted by molar-refractivity contribution is 9.25. The Labute approximate surface area is 51.8 Å². The second-order valence-electron chi connectivity index (χ2n) is 0.706. The smallest absolute Gasteiger partial charge is 0.231 e. The number of hydrogen-bond donors (Lipinski definition) is 1. The number of rotatable bonds is 1. The molecule has 0 saturated carbocycles. The van der Waals surface area contributed by atoms with E-state index in [2.05, 4.69) is 31.9 Å². The lowest BCUT2D eigenvalue weighted by atomic mass is 10.8. The molecule has 0 heterocycles. The lowest BCUT2D eigenvalue weighted by Crippen LogP contribution is -2.09. The number of hydrogen-bond acceptors (Lipinski definition) is 2. The first-order valence-corrected chi connectivity index (χ1v) is 2.71. The Kier molecular flexibility index (Phi) is 2.25. The van der Waals surface area contributed by atoms with Crippen molar-refractivity contribution in [2.75, 3.05) is 0 Å². The molecule has 0 aromatic rings. The van der Waals surface area contributed by atoms with Crippen LogP contribution >= 0.6 is 31.9 Å². The van der Waals surface area contributed by atoms with Crippen molar-refractivity contribution in [1.82, 2.24) is 0 Å². The van der Waals surface area contributed by atoms with Gasteiger partial charge in [-0.2, -0.15) is 0 Å². The summed E-state index contributed by atoms with van der Waals surface area (Å²) in [5, 5.41) is 8.29. The van der Waals surface area contributed by atoms with Crippen molar-refractivity contribution in [1.29, 1.82) is 0 Å². The molecule has 0 aliphatic rings. The maximum absolute atomic E-state index is 9.48. The lowest BCUT2D eigenvalue weighted by molar-refractivity contribution is -0.112. The summed E-state index contributed by atoms with van der Waals surface area (Å²) in [6, 6.07) is 0. The quantitative estimate of drug-likeness (QED) is 0.517. The molecule has 0 amide bonds. The number of aliphatic hydroxyl groups is 1. The van der Waals surface area contributed by atoms with Crippen molar-refractivity contribution in [2.45, 2.75) is 3.42 Å². The van der Waals surface area contributed by atoms with Gasteiger partial charge in [-0.15, -0.1) is 0 Å². The third kappa shape index (κ3) is 4.59. The maximum atomic E-state index is 9.48. The second kappa shape index (κ2) is 2.04. The number of halogens is 2. The van der Waals surface area contributed by atoms with Crippen LogP contribution in [0, 0.1) is 0 Å². The molecule has 0 aromatic carbocycles. The first kappa shape index (κ1) is 6.59. The van der Waals surface area contributed by atoms with Crippen molar-refractivity contribution in [3.63, 3.8) is 0 Å². The van der Waals surface area contributed by atoms with Crippen molar-refractivity contribution < 1.29 is 9.90 Å². The molecule has 2 nitrogen and oxygen atoms in total. The highest BCUT2D eigenvalue weighted by atomic mass is 79.9. The van der Waals surface area contributed by atoms with Gasteiger partial charge in [-0.25, -0.2) is 0 Å². The van der Waals surface area contributed by atoms with Crippen molar-refractivity contribution in [3.8, 4) is 0 Å². The summed E-state index contributed by atoms with van der Waals surface area (Å²) in [6.07, 6.45) is 0.326. The van der Waals surface area contributed by atoms with Crippen LogP contribution in [0.1, 0.15) is 0 Å². The van der Waals surface area contributed by atoms with E-state index in [-0.39, 0.29) is 0 Å². The molecule has 0 aromatic heterocycles. The second-order valence-corrected chi connectivity index (χ2v) is 4.19. The van der Waals surface area contributed by atoms with Gasteiger partial charge in [0.05, 0.1) is 0 Å². The zero-order valence-corrected chi connectivity index (χ0v) is 5.86. The summed E-state index contributed by atoms with van der Waals surface area (Å²) in [5.41, 5.74) is 0.